The molecule has 1 rings (SSSR count). The monoisotopic (exact) mass is 197 g/mol. The fourth-order valence-electron chi connectivity index (χ4n) is 1.06. The molecule has 0 heterocycles. The molecule has 4 heteroatoms. The molecule has 2 N–H and O–H groups in total. The summed E-state index contributed by atoms with van der Waals surface area (Å²) in [4.78, 5) is 11.3. The highest BCUT2D eigenvalue weighted by Gasteiger charge is 2.06. The normalized spacial score (nSPS) is 9.93. The van der Waals surface area contributed by atoms with Gasteiger partial charge in [0.2, 0.25) is 0 Å². The van der Waals surface area contributed by atoms with Crippen LogP contribution < -0.4 is 5.32 Å². The van der Waals surface area contributed by atoms with E-state index >= 15 is 0 Å². The van der Waals surface area contributed by atoms with Crippen LogP contribution in [0.25, 0.3) is 0 Å². The molecule has 0 atom stereocenters. The van der Waals surface area contributed by atoms with Gasteiger partial charge in [-0.15, -0.1) is 0 Å². The molecule has 0 saturated heterocycles. The van der Waals surface area contributed by atoms with Crippen LogP contribution in [0.15, 0.2) is 18.2 Å². The second kappa shape index (κ2) is 4.72. The average molecular weight is 197 g/mol. The number of amides is 1. The topological polar surface area (TPSA) is 49.3 Å². The predicted octanol–water partition coefficient (Wildman–Crippen LogP) is 0.856. The van der Waals surface area contributed by atoms with Crippen molar-refractivity contribution in [2.24, 2.45) is 0 Å². The molecule has 1 aromatic rings. The number of aliphatic hydroxyl groups is 1. The number of nitrogens with one attached hydrogen (secondary N) is 1. The Labute approximate surface area is 81.6 Å². The van der Waals surface area contributed by atoms with Crippen molar-refractivity contribution in [2.75, 3.05) is 13.2 Å². The summed E-state index contributed by atoms with van der Waals surface area (Å²) in [5.41, 5.74) is 0.832. The molecule has 0 spiro atoms. The van der Waals surface area contributed by atoms with Gasteiger partial charge < -0.3 is 10.4 Å². The number of hydrogen-bond donors (Lipinski definition) is 2. The lowest BCUT2D eigenvalue weighted by atomic mass is 10.1. The highest BCUT2D eigenvalue weighted by molar-refractivity contribution is 5.94. The van der Waals surface area contributed by atoms with E-state index in [2.05, 4.69) is 5.32 Å². The minimum absolute atomic E-state index is 0.105. The smallest absolute Gasteiger partial charge is 0.251 e. The Morgan fingerprint density at radius 1 is 1.57 bits per heavy atom. The zero-order valence-electron chi connectivity index (χ0n) is 7.88. The summed E-state index contributed by atoms with van der Waals surface area (Å²) in [5.74, 6) is -0.633. The fraction of sp³-hybridized carbons (Fsp3) is 0.300. The number of aliphatic hydroxyl groups excluding tert-OH is 1. The third-order valence-electron chi connectivity index (χ3n) is 1.82. The van der Waals surface area contributed by atoms with Gasteiger partial charge in [-0.3, -0.25) is 4.79 Å². The Kier molecular flexibility index (Phi) is 3.59. The first-order valence-corrected chi connectivity index (χ1v) is 4.30. The van der Waals surface area contributed by atoms with Crippen LogP contribution in [0.4, 0.5) is 4.39 Å². The Bertz CT molecular complexity index is 339. The maximum Gasteiger partial charge on any atom is 0.251 e. The molecule has 1 aromatic carbocycles. The molecule has 76 valence electrons. The van der Waals surface area contributed by atoms with Crippen LogP contribution in [0.3, 0.4) is 0 Å². The van der Waals surface area contributed by atoms with Gasteiger partial charge in [-0.1, -0.05) is 0 Å². The van der Waals surface area contributed by atoms with Gasteiger partial charge in [0, 0.05) is 12.1 Å². The molecule has 0 fully saturated rings. The van der Waals surface area contributed by atoms with Gasteiger partial charge in [-0.25, -0.2) is 4.39 Å². The lowest BCUT2D eigenvalue weighted by Gasteiger charge is -2.04. The lowest BCUT2D eigenvalue weighted by Crippen LogP contribution is -2.26. The van der Waals surface area contributed by atoms with E-state index in [0.29, 0.717) is 11.1 Å². The molecule has 0 radical (unpaired) electrons. The van der Waals surface area contributed by atoms with Gasteiger partial charge in [0.25, 0.3) is 5.91 Å². The van der Waals surface area contributed by atoms with E-state index in [9.17, 15) is 9.18 Å². The van der Waals surface area contributed by atoms with E-state index in [4.69, 9.17) is 5.11 Å². The summed E-state index contributed by atoms with van der Waals surface area (Å²) in [7, 11) is 0. The summed E-state index contributed by atoms with van der Waals surface area (Å²) in [6.45, 7) is 1.69. The average Bonchev–Trinajstić information content (AvgIpc) is 2.18. The molecular weight excluding hydrogens is 185 g/mol. The van der Waals surface area contributed by atoms with Crippen molar-refractivity contribution in [2.45, 2.75) is 6.92 Å². The van der Waals surface area contributed by atoms with Gasteiger partial charge in [0.15, 0.2) is 0 Å². The van der Waals surface area contributed by atoms with Crippen molar-refractivity contribution in [1.82, 2.24) is 5.32 Å². The molecule has 0 aliphatic heterocycles. The van der Waals surface area contributed by atoms with Gasteiger partial charge in [-0.2, -0.15) is 0 Å². The minimum atomic E-state index is -0.330. The van der Waals surface area contributed by atoms with E-state index in [1.54, 1.807) is 6.92 Å². The molecule has 0 aromatic heterocycles. The molecule has 1 amide bonds. The van der Waals surface area contributed by atoms with Crippen molar-refractivity contribution in [3.8, 4) is 0 Å². The number of rotatable bonds is 3. The van der Waals surface area contributed by atoms with Crippen LogP contribution in [-0.4, -0.2) is 24.2 Å². The molecule has 0 unspecified atom stereocenters. The number of halogens is 1. The number of carbonyl (C=O) groups is 1. The maximum atomic E-state index is 12.8. The van der Waals surface area contributed by atoms with E-state index in [1.807, 2.05) is 0 Å². The SMILES string of the molecule is Cc1cc(C(=O)NCCO)ccc1F. The minimum Gasteiger partial charge on any atom is -0.395 e. The van der Waals surface area contributed by atoms with Gasteiger partial charge in [0.1, 0.15) is 5.82 Å². The number of benzene rings is 1. The third kappa shape index (κ3) is 2.53. The zero-order chi connectivity index (χ0) is 10.6. The summed E-state index contributed by atoms with van der Waals surface area (Å²) in [5, 5.41) is 11.0. The second-order valence-electron chi connectivity index (χ2n) is 2.94. The van der Waals surface area contributed by atoms with E-state index in [1.165, 1.54) is 18.2 Å². The summed E-state index contributed by atoms with van der Waals surface area (Å²) >= 11 is 0. The second-order valence-corrected chi connectivity index (χ2v) is 2.94. The van der Waals surface area contributed by atoms with Crippen LogP contribution >= 0.6 is 0 Å². The quantitative estimate of drug-likeness (QED) is 0.755. The van der Waals surface area contributed by atoms with Crippen LogP contribution in [0.2, 0.25) is 0 Å². The van der Waals surface area contributed by atoms with Crippen molar-refractivity contribution in [3.63, 3.8) is 0 Å². The van der Waals surface area contributed by atoms with Crippen molar-refractivity contribution < 1.29 is 14.3 Å². The molecule has 0 bridgehead atoms. The first-order valence-electron chi connectivity index (χ1n) is 4.30. The maximum absolute atomic E-state index is 12.8. The summed E-state index contributed by atoms with van der Waals surface area (Å²) in [6.07, 6.45) is 0. The Balaban J connectivity index is 2.76. The standard InChI is InChI=1S/C10H12FNO2/c1-7-6-8(2-3-9(7)11)10(14)12-4-5-13/h2-3,6,13H,4-5H2,1H3,(H,12,14). The third-order valence-corrected chi connectivity index (χ3v) is 1.82. The van der Waals surface area contributed by atoms with Crippen molar-refractivity contribution in [3.05, 3.63) is 35.1 Å². The van der Waals surface area contributed by atoms with Gasteiger partial charge in [0.05, 0.1) is 6.61 Å². The van der Waals surface area contributed by atoms with Crippen LogP contribution in [-0.2, 0) is 0 Å². The van der Waals surface area contributed by atoms with Crippen LogP contribution in [0.5, 0.6) is 0 Å². The number of carbonyl (C=O) groups excluding carboxylic acids is 1. The van der Waals surface area contributed by atoms with Crippen molar-refractivity contribution >= 4 is 5.91 Å². The summed E-state index contributed by atoms with van der Waals surface area (Å²) in [6, 6.07) is 4.14. The number of hydrogen-bond acceptors (Lipinski definition) is 2. The van der Waals surface area contributed by atoms with Crippen LogP contribution in [0, 0.1) is 12.7 Å². The first kappa shape index (κ1) is 10.7. The van der Waals surface area contributed by atoms with E-state index < -0.39 is 0 Å². The summed E-state index contributed by atoms with van der Waals surface area (Å²) < 4.78 is 12.8. The fourth-order valence-corrected chi connectivity index (χ4v) is 1.06. The molecule has 0 saturated carbocycles. The molecular formula is C10H12FNO2. The van der Waals surface area contributed by atoms with Crippen molar-refractivity contribution in [1.29, 1.82) is 0 Å². The predicted molar refractivity (Wildman–Crippen MR) is 50.6 cm³/mol. The zero-order valence-corrected chi connectivity index (χ0v) is 7.88. The van der Waals surface area contributed by atoms with Gasteiger partial charge in [-0.05, 0) is 30.7 Å². The molecule has 0 aliphatic carbocycles. The van der Waals surface area contributed by atoms with E-state index in [0.717, 1.165) is 0 Å². The number of aryl methyl sites for hydroxylation is 1. The molecule has 0 aliphatic rings. The van der Waals surface area contributed by atoms with Crippen LogP contribution in [0.1, 0.15) is 15.9 Å². The molecule has 3 nitrogen and oxygen atoms in total. The first-order chi connectivity index (χ1) is 6.65. The van der Waals surface area contributed by atoms with E-state index in [-0.39, 0.29) is 24.9 Å². The largest absolute Gasteiger partial charge is 0.395 e. The Morgan fingerprint density at radius 3 is 2.86 bits per heavy atom. The Morgan fingerprint density at radius 2 is 2.29 bits per heavy atom. The Hall–Kier alpha value is -1.42. The highest BCUT2D eigenvalue weighted by Crippen LogP contribution is 2.08. The van der Waals surface area contributed by atoms with Gasteiger partial charge >= 0.3 is 0 Å². The molecule has 14 heavy (non-hydrogen) atoms. The highest BCUT2D eigenvalue weighted by atomic mass is 19.1. The lowest BCUT2D eigenvalue weighted by molar-refractivity contribution is 0.0944.